The minimum Gasteiger partial charge on any atom is -0.366 e. The van der Waals surface area contributed by atoms with E-state index in [1.54, 1.807) is 0 Å². The van der Waals surface area contributed by atoms with Crippen LogP contribution in [0.15, 0.2) is 48.5 Å². The highest BCUT2D eigenvalue weighted by Gasteiger charge is 2.15. The monoisotopic (exact) mass is 374 g/mol. The third kappa shape index (κ3) is 3.48. The second-order valence-corrected chi connectivity index (χ2v) is 6.79. The molecule has 0 fully saturated rings. The molecule has 142 valence electrons. The normalized spacial score (nSPS) is 12.2. The fraction of sp³-hybridized carbons (Fsp3) is 0.250. The number of nitrogens with zero attached hydrogens (tertiary/aromatic N) is 6. The summed E-state index contributed by atoms with van der Waals surface area (Å²) in [5.41, 5.74) is 10.1. The summed E-state index contributed by atoms with van der Waals surface area (Å²) < 4.78 is 1.90. The van der Waals surface area contributed by atoms with Crippen LogP contribution in [0.25, 0.3) is 22.5 Å². The van der Waals surface area contributed by atoms with Gasteiger partial charge >= 0.3 is 0 Å². The molecule has 0 spiro atoms. The van der Waals surface area contributed by atoms with Crippen LogP contribution in [0.5, 0.6) is 0 Å². The van der Waals surface area contributed by atoms with E-state index in [1.807, 2.05) is 22.9 Å². The zero-order valence-electron chi connectivity index (χ0n) is 15.9. The van der Waals surface area contributed by atoms with Crippen molar-refractivity contribution in [2.24, 2.45) is 0 Å². The van der Waals surface area contributed by atoms with Gasteiger partial charge in [0.2, 0.25) is 5.95 Å². The smallest absolute Gasteiger partial charge is 0.239 e. The van der Waals surface area contributed by atoms with Crippen LogP contribution in [-0.4, -0.2) is 35.4 Å². The lowest BCUT2D eigenvalue weighted by Gasteiger charge is -2.11. The van der Waals surface area contributed by atoms with Crippen LogP contribution in [0.2, 0.25) is 0 Å². The van der Waals surface area contributed by atoms with Gasteiger partial charge in [0.05, 0.1) is 6.54 Å². The maximum Gasteiger partial charge on any atom is 0.239 e. The SMILES string of the molecule is CCC(C)c1nc(N)nn1Cc1ccc(-c2ccccc2-c2nnn[nH]2)cc1. The minimum atomic E-state index is 0.312. The first-order valence-corrected chi connectivity index (χ1v) is 9.28. The Kier molecular flexibility index (Phi) is 4.84. The van der Waals surface area contributed by atoms with Gasteiger partial charge in [-0.25, -0.2) is 9.78 Å². The first kappa shape index (κ1) is 17.8. The predicted molar refractivity (Wildman–Crippen MR) is 107 cm³/mol. The molecule has 0 saturated carbocycles. The molecule has 0 radical (unpaired) electrons. The zero-order chi connectivity index (χ0) is 19.5. The molecule has 2 aromatic carbocycles. The van der Waals surface area contributed by atoms with E-state index in [4.69, 9.17) is 5.73 Å². The Bertz CT molecular complexity index is 1050. The van der Waals surface area contributed by atoms with E-state index in [-0.39, 0.29) is 0 Å². The van der Waals surface area contributed by atoms with Gasteiger partial charge in [0, 0.05) is 11.5 Å². The summed E-state index contributed by atoms with van der Waals surface area (Å²) in [7, 11) is 0. The van der Waals surface area contributed by atoms with Gasteiger partial charge < -0.3 is 5.73 Å². The molecular formula is C20H22N8. The van der Waals surface area contributed by atoms with Crippen LogP contribution in [0.1, 0.15) is 37.6 Å². The topological polar surface area (TPSA) is 111 Å². The Morgan fingerprint density at radius 3 is 2.50 bits per heavy atom. The van der Waals surface area contributed by atoms with Crippen LogP contribution >= 0.6 is 0 Å². The average Bonchev–Trinajstić information content (AvgIpc) is 3.38. The summed E-state index contributed by atoms with van der Waals surface area (Å²) in [5.74, 6) is 2.20. The maximum atomic E-state index is 5.83. The van der Waals surface area contributed by atoms with Gasteiger partial charge in [0.1, 0.15) is 5.82 Å². The summed E-state index contributed by atoms with van der Waals surface area (Å²) in [6, 6.07) is 16.4. The second-order valence-electron chi connectivity index (χ2n) is 6.79. The number of anilines is 1. The lowest BCUT2D eigenvalue weighted by molar-refractivity contribution is 0.577. The van der Waals surface area contributed by atoms with Gasteiger partial charge in [-0.05, 0) is 33.5 Å². The third-order valence-electron chi connectivity index (χ3n) is 4.89. The van der Waals surface area contributed by atoms with Crippen molar-refractivity contribution in [3.8, 4) is 22.5 Å². The lowest BCUT2D eigenvalue weighted by Crippen LogP contribution is -2.09. The number of tetrazole rings is 1. The third-order valence-corrected chi connectivity index (χ3v) is 4.89. The Hall–Kier alpha value is -3.55. The van der Waals surface area contributed by atoms with Crippen molar-refractivity contribution in [3.05, 3.63) is 59.9 Å². The summed E-state index contributed by atoms with van der Waals surface area (Å²) >= 11 is 0. The predicted octanol–water partition coefficient (Wildman–Crippen LogP) is 3.27. The molecule has 0 bridgehead atoms. The number of benzene rings is 2. The van der Waals surface area contributed by atoms with Crippen molar-refractivity contribution in [1.29, 1.82) is 0 Å². The molecular weight excluding hydrogens is 352 g/mol. The Labute approximate surface area is 162 Å². The van der Waals surface area contributed by atoms with E-state index in [0.717, 1.165) is 34.5 Å². The largest absolute Gasteiger partial charge is 0.366 e. The van der Waals surface area contributed by atoms with Crippen molar-refractivity contribution >= 4 is 5.95 Å². The Balaban J connectivity index is 1.61. The molecule has 8 nitrogen and oxygen atoms in total. The summed E-state index contributed by atoms with van der Waals surface area (Å²) in [4.78, 5) is 4.39. The van der Waals surface area contributed by atoms with E-state index >= 15 is 0 Å². The first-order chi connectivity index (χ1) is 13.7. The molecule has 0 amide bonds. The van der Waals surface area contributed by atoms with E-state index in [2.05, 4.69) is 74.9 Å². The molecule has 1 atom stereocenters. The van der Waals surface area contributed by atoms with Gasteiger partial charge in [0.25, 0.3) is 0 Å². The van der Waals surface area contributed by atoms with Crippen molar-refractivity contribution in [1.82, 2.24) is 35.4 Å². The summed E-state index contributed by atoms with van der Waals surface area (Å²) in [6.07, 6.45) is 0.990. The zero-order valence-corrected chi connectivity index (χ0v) is 15.9. The summed E-state index contributed by atoms with van der Waals surface area (Å²) in [5, 5.41) is 18.6. The van der Waals surface area contributed by atoms with E-state index < -0.39 is 0 Å². The number of nitrogen functional groups attached to an aromatic ring is 1. The van der Waals surface area contributed by atoms with Gasteiger partial charge in [-0.15, -0.1) is 10.2 Å². The van der Waals surface area contributed by atoms with Gasteiger partial charge in [-0.2, -0.15) is 4.98 Å². The van der Waals surface area contributed by atoms with Crippen LogP contribution in [0.3, 0.4) is 0 Å². The molecule has 2 aromatic heterocycles. The van der Waals surface area contributed by atoms with Gasteiger partial charge in [-0.3, -0.25) is 0 Å². The Morgan fingerprint density at radius 2 is 1.82 bits per heavy atom. The standard InChI is InChI=1S/C20H22N8/c1-3-13(2)19-22-20(21)25-28(19)12-14-8-10-15(11-9-14)16-6-4-5-7-17(16)18-23-26-27-24-18/h4-11,13H,3,12H2,1-2H3,(H2,21,25)(H,23,24,26,27). The molecule has 4 rings (SSSR count). The second kappa shape index (κ2) is 7.59. The van der Waals surface area contributed by atoms with Gasteiger partial charge in [-0.1, -0.05) is 62.4 Å². The highest BCUT2D eigenvalue weighted by atomic mass is 15.5. The van der Waals surface area contributed by atoms with E-state index in [1.165, 1.54) is 0 Å². The van der Waals surface area contributed by atoms with Crippen molar-refractivity contribution in [2.75, 3.05) is 5.73 Å². The summed E-state index contributed by atoms with van der Waals surface area (Å²) in [6.45, 7) is 4.91. The number of aromatic nitrogens is 7. The maximum absolute atomic E-state index is 5.83. The number of nitrogens with two attached hydrogens (primary N) is 1. The van der Waals surface area contributed by atoms with Crippen molar-refractivity contribution < 1.29 is 0 Å². The molecule has 0 aliphatic carbocycles. The lowest BCUT2D eigenvalue weighted by atomic mass is 9.98. The van der Waals surface area contributed by atoms with E-state index in [9.17, 15) is 0 Å². The molecule has 2 heterocycles. The number of hydrogen-bond donors (Lipinski definition) is 2. The fourth-order valence-corrected chi connectivity index (χ4v) is 3.21. The molecule has 0 saturated heterocycles. The van der Waals surface area contributed by atoms with Crippen molar-refractivity contribution in [3.63, 3.8) is 0 Å². The van der Waals surface area contributed by atoms with Crippen LogP contribution < -0.4 is 5.73 Å². The molecule has 4 aromatic rings. The van der Waals surface area contributed by atoms with Crippen LogP contribution in [0, 0.1) is 0 Å². The van der Waals surface area contributed by atoms with Crippen molar-refractivity contribution in [2.45, 2.75) is 32.7 Å². The minimum absolute atomic E-state index is 0.312. The number of H-pyrrole nitrogens is 1. The van der Waals surface area contributed by atoms with Crippen LogP contribution in [0.4, 0.5) is 5.95 Å². The molecule has 28 heavy (non-hydrogen) atoms. The van der Waals surface area contributed by atoms with Gasteiger partial charge in [0.15, 0.2) is 5.82 Å². The fourth-order valence-electron chi connectivity index (χ4n) is 3.21. The van der Waals surface area contributed by atoms with Crippen LogP contribution in [-0.2, 0) is 6.54 Å². The molecule has 3 N–H and O–H groups in total. The Morgan fingerprint density at radius 1 is 1.07 bits per heavy atom. The highest BCUT2D eigenvalue weighted by Crippen LogP contribution is 2.30. The number of hydrogen-bond acceptors (Lipinski definition) is 6. The molecule has 0 aliphatic rings. The quantitative estimate of drug-likeness (QED) is 0.536. The first-order valence-electron chi connectivity index (χ1n) is 9.28. The van der Waals surface area contributed by atoms with E-state index in [0.29, 0.717) is 24.2 Å². The number of rotatable bonds is 6. The molecule has 8 heteroatoms. The number of aromatic amines is 1. The highest BCUT2D eigenvalue weighted by molar-refractivity contribution is 5.80. The molecule has 0 aliphatic heterocycles. The average molecular weight is 374 g/mol. The molecule has 1 unspecified atom stereocenters. The number of nitrogens with one attached hydrogen (secondary N) is 1.